The lowest BCUT2D eigenvalue weighted by atomic mass is 9.73. The number of thioether (sulfide) groups is 1. The highest BCUT2D eigenvalue weighted by atomic mass is 35.5. The van der Waals surface area contributed by atoms with Crippen LogP contribution in [0.4, 0.5) is 24.5 Å². The first-order valence-electron chi connectivity index (χ1n) is 28.5. The molecule has 85 heavy (non-hydrogen) atoms. The smallest absolute Gasteiger partial charge is 0.464 e. The van der Waals surface area contributed by atoms with Crippen LogP contribution in [0.1, 0.15) is 97.0 Å². The van der Waals surface area contributed by atoms with Crippen molar-refractivity contribution in [3.8, 4) is 0 Å². The number of benzene rings is 4. The van der Waals surface area contributed by atoms with Crippen molar-refractivity contribution >= 4 is 85.5 Å². The Morgan fingerprint density at radius 2 is 1.39 bits per heavy atom. The number of amides is 1. The highest BCUT2D eigenvalue weighted by Crippen LogP contribution is 2.43. The lowest BCUT2D eigenvalue weighted by Crippen LogP contribution is -2.47. The van der Waals surface area contributed by atoms with Gasteiger partial charge in [-0.25, -0.2) is 31.7 Å². The van der Waals surface area contributed by atoms with Crippen LogP contribution in [0.2, 0.25) is 5.02 Å². The second-order valence-electron chi connectivity index (χ2n) is 23.6. The van der Waals surface area contributed by atoms with Gasteiger partial charge < -0.3 is 24.6 Å². The molecule has 1 aliphatic heterocycles. The van der Waals surface area contributed by atoms with Crippen LogP contribution in [0, 0.1) is 17.3 Å². The topological polar surface area (TPSA) is 213 Å². The minimum absolute atomic E-state index is 0.0420. The quantitative estimate of drug-likeness (QED) is 0.0226. The number of esters is 2. The number of halogens is 4. The van der Waals surface area contributed by atoms with Crippen LogP contribution in [0.25, 0.3) is 5.57 Å². The number of ether oxygens (including phenoxy) is 2. The number of anilines is 2. The molecule has 6 rings (SSSR count). The maximum atomic E-state index is 14.6. The Balaban J connectivity index is 1.14. The summed E-state index contributed by atoms with van der Waals surface area (Å²) in [4.78, 5) is 44.3. The zero-order chi connectivity index (χ0) is 62.5. The van der Waals surface area contributed by atoms with E-state index in [2.05, 4.69) is 51.3 Å². The minimum Gasteiger partial charge on any atom is -0.464 e. The van der Waals surface area contributed by atoms with E-state index in [1.165, 1.54) is 54.5 Å². The van der Waals surface area contributed by atoms with Gasteiger partial charge in [0.05, 0.1) is 23.8 Å². The van der Waals surface area contributed by atoms with Crippen LogP contribution in [0.3, 0.4) is 0 Å². The van der Waals surface area contributed by atoms with Gasteiger partial charge in [-0.1, -0.05) is 89.0 Å². The number of carbonyl (C=O) groups is 3. The summed E-state index contributed by atoms with van der Waals surface area (Å²) in [5, 5.41) is 9.35. The fourth-order valence-corrected chi connectivity index (χ4v) is 15.3. The average molecular weight is 1280 g/mol. The van der Waals surface area contributed by atoms with E-state index in [1.807, 2.05) is 62.7 Å². The van der Waals surface area contributed by atoms with Crippen LogP contribution < -0.4 is 25.1 Å². The van der Waals surface area contributed by atoms with Crippen molar-refractivity contribution in [2.24, 2.45) is 17.3 Å². The van der Waals surface area contributed by atoms with Crippen LogP contribution in [-0.4, -0.2) is 146 Å². The number of hydrogen-bond acceptors (Lipinski definition) is 15. The zero-order valence-corrected chi connectivity index (χ0v) is 53.9. The Bertz CT molecular complexity index is 3190. The van der Waals surface area contributed by atoms with E-state index in [9.17, 15) is 49.0 Å². The molecule has 1 amide bonds. The highest BCUT2D eigenvalue weighted by Gasteiger charge is 2.49. The third-order valence-electron chi connectivity index (χ3n) is 14.6. The van der Waals surface area contributed by atoms with Gasteiger partial charge >= 0.3 is 17.4 Å². The molecule has 1 heterocycles. The number of sulfone groups is 1. The number of sulfonamides is 1. The van der Waals surface area contributed by atoms with Gasteiger partial charge in [0, 0.05) is 78.4 Å². The average Bonchev–Trinajstić information content (AvgIpc) is 1.24. The molecule has 4 aromatic rings. The second kappa shape index (κ2) is 30.3. The molecule has 2 aliphatic rings. The van der Waals surface area contributed by atoms with E-state index in [0.29, 0.717) is 24.2 Å². The predicted octanol–water partition coefficient (Wildman–Crippen LogP) is 11.0. The first-order chi connectivity index (χ1) is 39.8. The number of allylic oxidation sites excluding steroid dienone is 1. The van der Waals surface area contributed by atoms with Crippen molar-refractivity contribution in [1.82, 2.24) is 24.7 Å². The molecule has 25 heteroatoms. The predicted molar refractivity (Wildman–Crippen MR) is 331 cm³/mol. The van der Waals surface area contributed by atoms with Gasteiger partial charge in [-0.05, 0) is 148 Å². The van der Waals surface area contributed by atoms with E-state index < -0.39 is 84.3 Å². The molecule has 0 aromatic heterocycles. The summed E-state index contributed by atoms with van der Waals surface area (Å²) in [5.41, 5.74) is -1.46. The summed E-state index contributed by atoms with van der Waals surface area (Å²) in [5.74, 6) is -2.11. The number of hydrogen-bond donors (Lipinski definition) is 4. The number of piperazine rings is 1. The highest BCUT2D eigenvalue weighted by molar-refractivity contribution is 7.99. The fraction of sp³-hybridized carbons (Fsp3) is 0.517. The summed E-state index contributed by atoms with van der Waals surface area (Å²) in [6.07, 6.45) is 3.13. The molecule has 1 saturated heterocycles. The molecular formula is C60H82ClF3N7O10PS3. The molecule has 0 bridgehead atoms. The maximum Gasteiger partial charge on any atom is 0.501 e. The van der Waals surface area contributed by atoms with E-state index >= 15 is 0 Å². The zero-order valence-electron chi connectivity index (χ0n) is 49.8. The monoisotopic (exact) mass is 1280 g/mol. The Morgan fingerprint density at radius 3 is 1.95 bits per heavy atom. The van der Waals surface area contributed by atoms with Gasteiger partial charge in [0.15, 0.2) is 0 Å². The molecule has 468 valence electrons. The van der Waals surface area contributed by atoms with Crippen molar-refractivity contribution in [2.45, 2.75) is 119 Å². The Morgan fingerprint density at radius 1 is 0.800 bits per heavy atom. The standard InChI is InChI=1S/C60H82ClF3N7O10PS3/c1-41(2)38-80-57(73)43(5)66-82(75,67-44(6)58(74)81-39-42(3)4)34-33-69(9)28-26-49(40-83-51-13-11-10-12-14-51)65-54-24-23-52(35-55(54)84(76,77)60(62,63)64)85(78,79)68-56(72)46-17-21-50(22-18-46)71-31-29-70(30-32-71)37-47-36-59(7,8)27-25-53(47)45-15-19-48(61)20-16-45/h10-24,35,41-44,49,65H,25-34,36-40H2,1-9H3,(H,68,72)(H2,66,67,75)/t43-,44-,49+/m0/s1. The van der Waals surface area contributed by atoms with Gasteiger partial charge in [-0.15, -0.1) is 11.8 Å². The van der Waals surface area contributed by atoms with E-state index in [0.717, 1.165) is 61.6 Å². The van der Waals surface area contributed by atoms with Crippen LogP contribution in [0.15, 0.2) is 117 Å². The molecule has 1 aliphatic carbocycles. The fourth-order valence-electron chi connectivity index (χ4n) is 9.77. The van der Waals surface area contributed by atoms with Gasteiger partial charge in [0.2, 0.25) is 7.44 Å². The molecule has 4 N–H and O–H groups in total. The third kappa shape index (κ3) is 20.6. The molecule has 0 radical (unpaired) electrons. The summed E-state index contributed by atoms with van der Waals surface area (Å²) < 4.78 is 125. The normalized spacial score (nSPS) is 16.5. The number of alkyl halides is 3. The van der Waals surface area contributed by atoms with Crippen molar-refractivity contribution in [3.05, 3.63) is 119 Å². The van der Waals surface area contributed by atoms with Crippen molar-refractivity contribution < 1.29 is 58.4 Å². The second-order valence-corrected chi connectivity index (χ2v) is 31.1. The van der Waals surface area contributed by atoms with E-state index in [-0.39, 0.29) is 67.5 Å². The molecule has 0 saturated carbocycles. The summed E-state index contributed by atoms with van der Waals surface area (Å²) in [7, 11) is -13.3. The molecule has 1 fully saturated rings. The van der Waals surface area contributed by atoms with E-state index in [1.54, 1.807) is 36.2 Å². The van der Waals surface area contributed by atoms with Gasteiger partial charge in [0.1, 0.15) is 17.0 Å². The maximum absolute atomic E-state index is 14.6. The Hall–Kier alpha value is -4.97. The van der Waals surface area contributed by atoms with Crippen molar-refractivity contribution in [1.29, 1.82) is 0 Å². The largest absolute Gasteiger partial charge is 0.501 e. The number of nitrogens with one attached hydrogen (secondary N) is 4. The molecule has 0 unspecified atom stereocenters. The van der Waals surface area contributed by atoms with Crippen LogP contribution >= 0.6 is 30.8 Å². The molecule has 4 aromatic carbocycles. The Labute approximate surface area is 509 Å². The summed E-state index contributed by atoms with van der Waals surface area (Å²) in [6, 6.07) is 22.8. The first-order valence-corrected chi connectivity index (χ1v) is 34.7. The van der Waals surface area contributed by atoms with Crippen LogP contribution in [0.5, 0.6) is 0 Å². The molecule has 3 atom stereocenters. The summed E-state index contributed by atoms with van der Waals surface area (Å²) in [6.45, 7) is 19.4. The minimum atomic E-state index is -6.22. The van der Waals surface area contributed by atoms with Crippen molar-refractivity contribution in [3.63, 3.8) is 0 Å². The summed E-state index contributed by atoms with van der Waals surface area (Å²) >= 11 is 7.55. The first kappa shape index (κ1) is 69.1. The van der Waals surface area contributed by atoms with Crippen molar-refractivity contribution in [2.75, 3.05) is 88.2 Å². The third-order valence-corrected chi connectivity index (χ3v) is 21.3. The SMILES string of the molecule is CC(C)COC(=O)[C@H](C)NP(=O)(CCN(C)CC[C@H](CSc1ccccc1)Nc1ccc(S(=O)(=O)NC(=O)c2ccc(N3CCN(CC4=C(c5ccc(Cl)cc5)CCC(C)(C)C4)CC3)cc2)cc1S(=O)(=O)C(F)(F)F)N[C@@H](C)C(=O)OCC(C)C. The Kier molecular flexibility index (Phi) is 24.6. The van der Waals surface area contributed by atoms with E-state index in [4.69, 9.17) is 21.1 Å². The molecule has 17 nitrogen and oxygen atoms in total. The van der Waals surface area contributed by atoms with Gasteiger partial charge in [-0.2, -0.15) is 13.2 Å². The number of rotatable bonds is 29. The van der Waals surface area contributed by atoms with Gasteiger partial charge in [0.25, 0.3) is 25.8 Å². The lowest BCUT2D eigenvalue weighted by Gasteiger charge is -2.39. The molecular weight excluding hydrogens is 1200 g/mol. The van der Waals surface area contributed by atoms with Gasteiger partial charge in [-0.3, -0.25) is 23.8 Å². The van der Waals surface area contributed by atoms with Crippen LogP contribution in [-0.2, 0) is 43.5 Å². The number of carbonyl (C=O) groups excluding carboxylic acids is 3. The molecule has 0 spiro atoms. The lowest BCUT2D eigenvalue weighted by molar-refractivity contribution is -0.146. The number of nitrogens with zero attached hydrogens (tertiary/aromatic N) is 3.